The molecule has 1 aliphatic carbocycles. The van der Waals surface area contributed by atoms with Crippen molar-refractivity contribution in [2.24, 2.45) is 5.92 Å². The number of alkyl halides is 3. The molecule has 2 N–H and O–H groups in total. The van der Waals surface area contributed by atoms with E-state index in [1.165, 1.54) is 12.1 Å². The van der Waals surface area contributed by atoms with Gasteiger partial charge in [0, 0.05) is 12.2 Å². The van der Waals surface area contributed by atoms with E-state index in [1.807, 2.05) is 0 Å². The summed E-state index contributed by atoms with van der Waals surface area (Å²) in [7, 11) is 1.75. The molecule has 2 atom stereocenters. The van der Waals surface area contributed by atoms with Gasteiger partial charge in [-0.2, -0.15) is 0 Å². The molecule has 8 heteroatoms. The zero-order valence-electron chi connectivity index (χ0n) is 13.5. The molecule has 24 heavy (non-hydrogen) atoms. The number of amides is 1. The summed E-state index contributed by atoms with van der Waals surface area (Å²) in [5.74, 6) is -0.327. The second kappa shape index (κ2) is 7.40. The van der Waals surface area contributed by atoms with Gasteiger partial charge < -0.3 is 15.2 Å². The summed E-state index contributed by atoms with van der Waals surface area (Å²) in [5, 5.41) is 12.6. The molecule has 0 saturated heterocycles. The molecule has 1 fully saturated rings. The Balaban J connectivity index is 1.86. The molecule has 0 bridgehead atoms. The van der Waals surface area contributed by atoms with Gasteiger partial charge in [0.25, 0.3) is 0 Å². The summed E-state index contributed by atoms with van der Waals surface area (Å²) in [6.45, 7) is 2.10. The lowest BCUT2D eigenvalue weighted by Gasteiger charge is -2.26. The number of aliphatic hydroxyl groups excluding tert-OH is 1. The molecule has 5 nitrogen and oxygen atoms in total. The van der Waals surface area contributed by atoms with Crippen LogP contribution in [0, 0.1) is 5.92 Å². The summed E-state index contributed by atoms with van der Waals surface area (Å²) in [5.41, 5.74) is 0.373. The SMILES string of the molecule is CC(C(=O)Nc1ccc(OC(F)(F)F)cc1)N(C)CC(O)C1CC1. The Morgan fingerprint density at radius 1 is 1.38 bits per heavy atom. The standard InChI is InChI=1S/C16H21F3N2O3/c1-10(21(2)9-14(22)11-3-4-11)15(23)20-12-5-7-13(8-6-12)24-16(17,18)19/h5-8,10-11,14,22H,3-4,9H2,1-2H3,(H,20,23). The maximum Gasteiger partial charge on any atom is 0.573 e. The van der Waals surface area contributed by atoms with Crippen LogP contribution in [0.1, 0.15) is 19.8 Å². The van der Waals surface area contributed by atoms with Gasteiger partial charge in [-0.15, -0.1) is 13.2 Å². The van der Waals surface area contributed by atoms with Crippen molar-refractivity contribution in [3.63, 3.8) is 0 Å². The van der Waals surface area contributed by atoms with Crippen molar-refractivity contribution in [1.82, 2.24) is 4.90 Å². The maximum absolute atomic E-state index is 12.2. The smallest absolute Gasteiger partial charge is 0.406 e. The molecule has 2 rings (SSSR count). The van der Waals surface area contributed by atoms with Crippen LogP contribution in [-0.4, -0.2) is 48.0 Å². The van der Waals surface area contributed by atoms with Gasteiger partial charge in [-0.1, -0.05) is 0 Å². The molecule has 1 aromatic rings. The minimum absolute atomic E-state index is 0.301. The number of halogens is 3. The Morgan fingerprint density at radius 2 is 1.96 bits per heavy atom. The maximum atomic E-state index is 12.2. The van der Waals surface area contributed by atoms with Crippen LogP contribution in [0.3, 0.4) is 0 Å². The van der Waals surface area contributed by atoms with Crippen molar-refractivity contribution >= 4 is 11.6 Å². The number of carbonyl (C=O) groups excluding carboxylic acids is 1. The van der Waals surface area contributed by atoms with Crippen LogP contribution in [0.25, 0.3) is 0 Å². The van der Waals surface area contributed by atoms with Crippen LogP contribution < -0.4 is 10.1 Å². The van der Waals surface area contributed by atoms with E-state index in [4.69, 9.17) is 0 Å². The Hall–Kier alpha value is -1.80. The summed E-state index contributed by atoms with van der Waals surface area (Å²) in [6.07, 6.45) is -3.15. The van der Waals surface area contributed by atoms with E-state index < -0.39 is 18.5 Å². The highest BCUT2D eigenvalue weighted by atomic mass is 19.4. The zero-order chi connectivity index (χ0) is 17.9. The van der Waals surface area contributed by atoms with Crippen molar-refractivity contribution in [1.29, 1.82) is 0 Å². The first-order valence-corrected chi connectivity index (χ1v) is 7.70. The van der Waals surface area contributed by atoms with E-state index >= 15 is 0 Å². The number of hydrogen-bond donors (Lipinski definition) is 2. The highest BCUT2D eigenvalue weighted by Crippen LogP contribution is 2.33. The van der Waals surface area contributed by atoms with Gasteiger partial charge in [-0.3, -0.25) is 9.69 Å². The van der Waals surface area contributed by atoms with E-state index in [1.54, 1.807) is 18.9 Å². The minimum atomic E-state index is -4.75. The third-order valence-electron chi connectivity index (χ3n) is 4.04. The zero-order valence-corrected chi connectivity index (χ0v) is 13.5. The first-order valence-electron chi connectivity index (χ1n) is 7.70. The van der Waals surface area contributed by atoms with E-state index in [2.05, 4.69) is 10.1 Å². The van der Waals surface area contributed by atoms with Crippen LogP contribution in [0.5, 0.6) is 5.75 Å². The second-order valence-corrected chi connectivity index (χ2v) is 6.08. The molecule has 1 aliphatic rings. The molecule has 0 spiro atoms. The summed E-state index contributed by atoms with van der Waals surface area (Å²) >= 11 is 0. The normalized spacial score (nSPS) is 17.5. The average Bonchev–Trinajstić information content (AvgIpc) is 3.31. The number of aliphatic hydroxyl groups is 1. The molecular formula is C16H21F3N2O3. The van der Waals surface area contributed by atoms with Crippen molar-refractivity contribution in [3.05, 3.63) is 24.3 Å². The topological polar surface area (TPSA) is 61.8 Å². The quantitative estimate of drug-likeness (QED) is 0.797. The van der Waals surface area contributed by atoms with Crippen LogP contribution in [0.4, 0.5) is 18.9 Å². The van der Waals surface area contributed by atoms with E-state index in [9.17, 15) is 23.1 Å². The fourth-order valence-electron chi connectivity index (χ4n) is 2.27. The second-order valence-electron chi connectivity index (χ2n) is 6.08. The molecule has 0 aliphatic heterocycles. The van der Waals surface area contributed by atoms with E-state index in [-0.39, 0.29) is 11.7 Å². The molecule has 0 radical (unpaired) electrons. The van der Waals surface area contributed by atoms with E-state index in [0.29, 0.717) is 18.2 Å². The van der Waals surface area contributed by atoms with Crippen LogP contribution >= 0.6 is 0 Å². The Kier molecular flexibility index (Phi) is 5.71. The van der Waals surface area contributed by atoms with Crippen LogP contribution in [0.2, 0.25) is 0 Å². The fourth-order valence-corrected chi connectivity index (χ4v) is 2.27. The monoisotopic (exact) mass is 346 g/mol. The van der Waals surface area contributed by atoms with Crippen molar-refractivity contribution < 1.29 is 27.8 Å². The Bertz CT molecular complexity index is 559. The molecule has 0 aromatic heterocycles. The van der Waals surface area contributed by atoms with Gasteiger partial charge in [-0.05, 0) is 57.0 Å². The van der Waals surface area contributed by atoms with Crippen LogP contribution in [-0.2, 0) is 4.79 Å². The molecule has 134 valence electrons. The van der Waals surface area contributed by atoms with Gasteiger partial charge in [0.05, 0.1) is 12.1 Å². The Morgan fingerprint density at radius 3 is 2.46 bits per heavy atom. The number of benzene rings is 1. The molecule has 1 amide bonds. The minimum Gasteiger partial charge on any atom is -0.406 e. The number of likely N-dealkylation sites (N-methyl/N-ethyl adjacent to an activating group) is 1. The number of hydrogen-bond acceptors (Lipinski definition) is 4. The highest BCUT2D eigenvalue weighted by molar-refractivity contribution is 5.94. The fraction of sp³-hybridized carbons (Fsp3) is 0.562. The first-order chi connectivity index (χ1) is 11.2. The van der Waals surface area contributed by atoms with Crippen LogP contribution in [0.15, 0.2) is 24.3 Å². The number of ether oxygens (including phenoxy) is 1. The van der Waals surface area contributed by atoms with Gasteiger partial charge in [0.2, 0.25) is 5.91 Å². The van der Waals surface area contributed by atoms with Crippen molar-refractivity contribution in [3.8, 4) is 5.75 Å². The molecule has 0 heterocycles. The van der Waals surface area contributed by atoms with Crippen molar-refractivity contribution in [2.45, 2.75) is 38.3 Å². The summed E-state index contributed by atoms with van der Waals surface area (Å²) < 4.78 is 40.1. The number of carbonyl (C=O) groups is 1. The largest absolute Gasteiger partial charge is 0.573 e. The number of rotatable bonds is 7. The average molecular weight is 346 g/mol. The molecule has 1 saturated carbocycles. The first kappa shape index (κ1) is 18.5. The molecular weight excluding hydrogens is 325 g/mol. The van der Waals surface area contributed by atoms with Gasteiger partial charge >= 0.3 is 6.36 Å². The lowest BCUT2D eigenvalue weighted by Crippen LogP contribution is -2.43. The highest BCUT2D eigenvalue weighted by Gasteiger charge is 2.32. The Labute approximate surface area is 138 Å². The third-order valence-corrected chi connectivity index (χ3v) is 4.04. The molecule has 2 unspecified atom stereocenters. The summed E-state index contributed by atoms with van der Waals surface area (Å²) in [4.78, 5) is 13.9. The van der Waals surface area contributed by atoms with E-state index in [0.717, 1.165) is 25.0 Å². The number of nitrogens with one attached hydrogen (secondary N) is 1. The van der Waals surface area contributed by atoms with Gasteiger partial charge in [0.1, 0.15) is 5.75 Å². The van der Waals surface area contributed by atoms with Gasteiger partial charge in [-0.25, -0.2) is 0 Å². The third kappa shape index (κ3) is 5.68. The number of nitrogens with zero attached hydrogens (tertiary/aromatic N) is 1. The predicted octanol–water partition coefficient (Wildman–Crippen LogP) is 2.61. The van der Waals surface area contributed by atoms with Gasteiger partial charge in [0.15, 0.2) is 0 Å². The lowest BCUT2D eigenvalue weighted by atomic mass is 10.2. The lowest BCUT2D eigenvalue weighted by molar-refractivity contribution is -0.274. The van der Waals surface area contributed by atoms with Crippen molar-refractivity contribution in [2.75, 3.05) is 18.9 Å². The predicted molar refractivity (Wildman–Crippen MR) is 82.6 cm³/mol. The number of anilines is 1. The summed E-state index contributed by atoms with van der Waals surface area (Å²) in [6, 6.07) is 4.46. The molecule has 1 aromatic carbocycles.